The van der Waals surface area contributed by atoms with E-state index < -0.39 is 57.3 Å². The molecule has 4 rings (SSSR count). The number of nitrogens with two attached hydrogens (primary N) is 1. The first-order chi connectivity index (χ1) is 15.0. The molecule has 2 fully saturated rings. The molecule has 5 N–H and O–H groups in total. The molecule has 7 nitrogen and oxygen atoms in total. The summed E-state index contributed by atoms with van der Waals surface area (Å²) in [5, 5.41) is 33.9. The lowest BCUT2D eigenvalue weighted by Gasteiger charge is -2.50. The molecule has 0 radical (unpaired) electrons. The summed E-state index contributed by atoms with van der Waals surface area (Å²) in [4.78, 5) is 26.0. The molecule has 0 aromatic rings. The number of carbonyl (C=O) groups is 2. The van der Waals surface area contributed by atoms with Crippen molar-refractivity contribution in [1.82, 2.24) is 0 Å². The van der Waals surface area contributed by atoms with Crippen molar-refractivity contribution < 1.29 is 29.6 Å². The average Bonchev–Trinajstić information content (AvgIpc) is 3.11. The smallest absolute Gasteiger partial charge is 0.324 e. The van der Waals surface area contributed by atoms with Crippen molar-refractivity contribution in [3.8, 4) is 0 Å². The summed E-state index contributed by atoms with van der Waals surface area (Å²) in [6, 6.07) is -0.791. The maximum atomic E-state index is 13.1. The first kappa shape index (κ1) is 24.6. The number of ketones is 1. The molecule has 0 bridgehead atoms. The Morgan fingerprint density at radius 3 is 2.42 bits per heavy atom. The van der Waals surface area contributed by atoms with Crippen molar-refractivity contribution in [3.63, 3.8) is 0 Å². The van der Waals surface area contributed by atoms with E-state index in [2.05, 4.69) is 0 Å². The van der Waals surface area contributed by atoms with Gasteiger partial charge in [-0.05, 0) is 35.8 Å². The van der Waals surface area contributed by atoms with Crippen molar-refractivity contribution in [2.75, 3.05) is 6.61 Å². The van der Waals surface area contributed by atoms with Crippen LogP contribution in [0, 0.1) is 34.5 Å². The number of fused-ring (bicyclic) bond motifs is 5. The van der Waals surface area contributed by atoms with Gasteiger partial charge in [-0.2, -0.15) is 0 Å². The maximum Gasteiger partial charge on any atom is 0.324 e. The van der Waals surface area contributed by atoms with Crippen LogP contribution in [-0.4, -0.2) is 56.5 Å². The zero-order valence-corrected chi connectivity index (χ0v) is 20.8. The van der Waals surface area contributed by atoms with Gasteiger partial charge in [0.25, 0.3) is 0 Å². The van der Waals surface area contributed by atoms with Gasteiger partial charge in [0.05, 0.1) is 12.2 Å². The van der Waals surface area contributed by atoms with E-state index in [0.29, 0.717) is 17.6 Å². The van der Waals surface area contributed by atoms with Crippen LogP contribution in [0.25, 0.3) is 0 Å². The van der Waals surface area contributed by atoms with Crippen LogP contribution in [0.2, 0.25) is 0 Å². The second-order valence-corrected chi connectivity index (χ2v) is 12.6. The summed E-state index contributed by atoms with van der Waals surface area (Å²) in [5.41, 5.74) is 2.20. The molecule has 0 heterocycles. The van der Waals surface area contributed by atoms with Gasteiger partial charge >= 0.3 is 5.97 Å². The summed E-state index contributed by atoms with van der Waals surface area (Å²) in [7, 11) is 0. The zero-order chi connectivity index (χ0) is 24.9. The fraction of sp³-hybridized carbons (Fsp3) is 0.769. The predicted octanol–water partition coefficient (Wildman–Crippen LogP) is 1.88. The Morgan fingerprint density at radius 1 is 1.27 bits per heavy atom. The monoisotopic (exact) mass is 461 g/mol. The lowest BCUT2D eigenvalue weighted by Crippen LogP contribution is -2.61. The first-order valence-corrected chi connectivity index (χ1v) is 11.9. The third kappa shape index (κ3) is 3.01. The Morgan fingerprint density at radius 2 is 1.88 bits per heavy atom. The highest BCUT2D eigenvalue weighted by Gasteiger charge is 2.83. The number of carbonyl (C=O) groups excluding carboxylic acids is 2. The van der Waals surface area contributed by atoms with Crippen LogP contribution in [0.3, 0.4) is 0 Å². The highest BCUT2D eigenvalue weighted by molar-refractivity contribution is 6.04. The van der Waals surface area contributed by atoms with E-state index in [-0.39, 0.29) is 24.9 Å². The van der Waals surface area contributed by atoms with E-state index in [1.54, 1.807) is 13.0 Å². The first-order valence-electron chi connectivity index (χ1n) is 11.9. The largest absolute Gasteiger partial charge is 0.457 e. The second-order valence-electron chi connectivity index (χ2n) is 12.6. The van der Waals surface area contributed by atoms with Crippen molar-refractivity contribution >= 4 is 11.8 Å². The molecule has 0 aromatic carbocycles. The van der Waals surface area contributed by atoms with E-state index in [4.69, 9.17) is 10.5 Å². The Labute approximate surface area is 196 Å². The summed E-state index contributed by atoms with van der Waals surface area (Å²) >= 11 is 0. The highest BCUT2D eigenvalue weighted by atomic mass is 16.6. The number of aliphatic hydroxyl groups is 3. The third-order valence-corrected chi connectivity index (χ3v) is 9.34. The van der Waals surface area contributed by atoms with Gasteiger partial charge in [0, 0.05) is 29.6 Å². The zero-order valence-electron chi connectivity index (χ0n) is 20.8. The summed E-state index contributed by atoms with van der Waals surface area (Å²) in [6.07, 6.45) is 3.90. The maximum absolute atomic E-state index is 13.1. The van der Waals surface area contributed by atoms with E-state index in [1.165, 1.54) is 0 Å². The molecule has 8 atom stereocenters. The molecule has 0 spiro atoms. The lowest BCUT2D eigenvalue weighted by molar-refractivity contribution is -0.188. The minimum absolute atomic E-state index is 0.0266. The number of rotatable bonds is 3. The van der Waals surface area contributed by atoms with Gasteiger partial charge in [0.15, 0.2) is 5.78 Å². The van der Waals surface area contributed by atoms with Crippen molar-refractivity contribution in [3.05, 3.63) is 23.3 Å². The SMILES string of the molecule is CC1=C[C@H]2[C@@]3(O)[C@H](C)C[C@]4(OC(=O)[C@@H](N)C(C)(C)C)[C@H]([C@@H]3C=C(CO)C[C@]2(O)C1=O)C4(C)C. The summed E-state index contributed by atoms with van der Waals surface area (Å²) in [6.45, 7) is 12.9. The number of esters is 1. The number of hydrogen-bond donors (Lipinski definition) is 4. The fourth-order valence-electron chi connectivity index (χ4n) is 7.19. The standard InChI is InChI=1S/C26H39NO6/c1-13-8-17-24(31,20(13)29)11-15(12-28)9-16-18-23(6,7)25(18,10-14(2)26(16,17)32)33-21(30)19(27)22(3,4)5/h8-9,14,16-19,28,31-32H,10-12,27H2,1-7H3/t14-,16+,17-,18-,19-,24-,25+,26-/m1/s1. The quantitative estimate of drug-likeness (QED) is 0.373. The van der Waals surface area contributed by atoms with Gasteiger partial charge in [-0.3, -0.25) is 9.59 Å². The Balaban J connectivity index is 1.80. The lowest BCUT2D eigenvalue weighted by atomic mass is 9.60. The van der Waals surface area contributed by atoms with Gasteiger partial charge in [-0.15, -0.1) is 0 Å². The van der Waals surface area contributed by atoms with E-state index in [9.17, 15) is 24.9 Å². The summed E-state index contributed by atoms with van der Waals surface area (Å²) in [5.74, 6) is -2.80. The van der Waals surface area contributed by atoms with Crippen molar-refractivity contribution in [1.29, 1.82) is 0 Å². The van der Waals surface area contributed by atoms with Gasteiger partial charge in [0.2, 0.25) is 0 Å². The van der Waals surface area contributed by atoms with Gasteiger partial charge < -0.3 is 25.8 Å². The molecule has 7 heteroatoms. The van der Waals surface area contributed by atoms with Crippen LogP contribution in [0.15, 0.2) is 23.3 Å². The molecule has 33 heavy (non-hydrogen) atoms. The molecular formula is C26H39NO6. The minimum atomic E-state index is -1.79. The van der Waals surface area contributed by atoms with Crippen LogP contribution < -0.4 is 5.73 Å². The van der Waals surface area contributed by atoms with Crippen LogP contribution in [0.5, 0.6) is 0 Å². The van der Waals surface area contributed by atoms with Gasteiger partial charge in [-0.25, -0.2) is 0 Å². The highest BCUT2D eigenvalue weighted by Crippen LogP contribution is 2.76. The molecule has 4 aliphatic rings. The van der Waals surface area contributed by atoms with E-state index in [1.807, 2.05) is 47.6 Å². The number of Topliss-reactive ketones (excluding diaryl/α,β-unsaturated/α-hetero) is 1. The fourth-order valence-corrected chi connectivity index (χ4v) is 7.19. The van der Waals surface area contributed by atoms with Crippen LogP contribution in [-0.2, 0) is 14.3 Å². The third-order valence-electron chi connectivity index (χ3n) is 9.34. The van der Waals surface area contributed by atoms with Gasteiger partial charge in [-0.1, -0.05) is 53.7 Å². The van der Waals surface area contributed by atoms with Crippen LogP contribution in [0.4, 0.5) is 0 Å². The molecule has 2 saturated carbocycles. The number of ether oxygens (including phenoxy) is 1. The van der Waals surface area contributed by atoms with Crippen LogP contribution in [0.1, 0.15) is 61.3 Å². The molecule has 184 valence electrons. The summed E-state index contributed by atoms with van der Waals surface area (Å²) < 4.78 is 6.20. The van der Waals surface area contributed by atoms with Crippen molar-refractivity contribution in [2.45, 2.75) is 84.2 Å². The number of aliphatic hydroxyl groups excluding tert-OH is 1. The predicted molar refractivity (Wildman–Crippen MR) is 123 cm³/mol. The molecule has 0 saturated heterocycles. The Bertz CT molecular complexity index is 960. The Hall–Kier alpha value is -1.54. The molecule has 0 amide bonds. The second kappa shape index (κ2) is 7.00. The Kier molecular flexibility index (Phi) is 5.21. The van der Waals surface area contributed by atoms with E-state index in [0.717, 1.165) is 0 Å². The average molecular weight is 462 g/mol. The molecular weight excluding hydrogens is 422 g/mol. The number of hydrogen-bond acceptors (Lipinski definition) is 7. The topological polar surface area (TPSA) is 130 Å². The van der Waals surface area contributed by atoms with Crippen molar-refractivity contribution in [2.24, 2.45) is 40.2 Å². The molecule has 0 unspecified atom stereocenters. The van der Waals surface area contributed by atoms with Gasteiger partial charge in [0.1, 0.15) is 17.2 Å². The molecule has 4 aliphatic carbocycles. The van der Waals surface area contributed by atoms with E-state index >= 15 is 0 Å². The van der Waals surface area contributed by atoms with Crippen LogP contribution >= 0.6 is 0 Å². The minimum Gasteiger partial charge on any atom is -0.457 e. The molecule has 0 aliphatic heterocycles. The normalized spacial score (nSPS) is 44.5. The molecule has 0 aromatic heterocycles.